The molecule has 0 radical (unpaired) electrons. The minimum Gasteiger partial charge on any atom is -0.406 e. The molecule has 0 amide bonds. The van der Waals surface area contributed by atoms with Gasteiger partial charge in [0, 0.05) is 11.9 Å². The molecule has 0 unspecified atom stereocenters. The van der Waals surface area contributed by atoms with Gasteiger partial charge in [0.15, 0.2) is 11.2 Å². The van der Waals surface area contributed by atoms with Gasteiger partial charge in [-0.15, -0.1) is 23.4 Å². The van der Waals surface area contributed by atoms with Crippen LogP contribution in [0.25, 0.3) is 33.5 Å². The van der Waals surface area contributed by atoms with E-state index < -0.39 is 17.7 Å². The minimum atomic E-state index is -4.81. The number of hydrogen-bond acceptors (Lipinski definition) is 5. The molecule has 0 aliphatic heterocycles. The summed E-state index contributed by atoms with van der Waals surface area (Å²) in [6.45, 7) is 1.77. The Labute approximate surface area is 182 Å². The summed E-state index contributed by atoms with van der Waals surface area (Å²) in [6, 6.07) is 12.4. The van der Waals surface area contributed by atoms with E-state index in [9.17, 15) is 22.4 Å². The maximum absolute atomic E-state index is 13.3. The van der Waals surface area contributed by atoms with Gasteiger partial charge in [0.1, 0.15) is 17.1 Å². The van der Waals surface area contributed by atoms with Gasteiger partial charge >= 0.3 is 6.36 Å². The van der Waals surface area contributed by atoms with E-state index in [1.165, 1.54) is 39.5 Å². The Morgan fingerprint density at radius 1 is 0.939 bits per heavy atom. The van der Waals surface area contributed by atoms with Gasteiger partial charge in [-0.3, -0.25) is 9.36 Å². The van der Waals surface area contributed by atoms with E-state index in [0.29, 0.717) is 33.7 Å². The number of fused-ring (bicyclic) bond motifs is 3. The summed E-state index contributed by atoms with van der Waals surface area (Å²) in [6.07, 6.45) is -3.34. The van der Waals surface area contributed by atoms with E-state index in [1.54, 1.807) is 25.1 Å². The molecule has 0 saturated heterocycles. The standard InChI is InChI=1S/C22H13F4N5O2/c1-12-18(13-2-4-14(23)5-3-13)20-28-27-19-17(31(20)29-12)10-11-30(21(19)32)15-6-8-16(9-7-15)33-22(24,25)26/h2-11H,1H3. The van der Waals surface area contributed by atoms with Crippen LogP contribution in [0, 0.1) is 12.7 Å². The minimum absolute atomic E-state index is 0.0220. The molecule has 0 aliphatic rings. The predicted molar refractivity (Wildman–Crippen MR) is 111 cm³/mol. The molecular weight excluding hydrogens is 442 g/mol. The summed E-state index contributed by atoms with van der Waals surface area (Å²) in [5, 5.41) is 12.7. The summed E-state index contributed by atoms with van der Waals surface area (Å²) in [7, 11) is 0. The van der Waals surface area contributed by atoms with Crippen LogP contribution in [0.4, 0.5) is 17.6 Å². The van der Waals surface area contributed by atoms with Gasteiger partial charge in [-0.25, -0.2) is 8.91 Å². The first-order chi connectivity index (χ1) is 15.7. The van der Waals surface area contributed by atoms with Gasteiger partial charge in [0.05, 0.1) is 11.3 Å². The number of nitrogens with zero attached hydrogens (tertiary/aromatic N) is 5. The van der Waals surface area contributed by atoms with Crippen molar-refractivity contribution in [3.05, 3.63) is 82.7 Å². The Morgan fingerprint density at radius 3 is 2.30 bits per heavy atom. The maximum Gasteiger partial charge on any atom is 0.573 e. The molecule has 11 heteroatoms. The highest BCUT2D eigenvalue weighted by molar-refractivity contribution is 5.84. The summed E-state index contributed by atoms with van der Waals surface area (Å²) < 4.78 is 57.0. The SMILES string of the molecule is Cc1nn2c(nnc3c(=O)n(-c4ccc(OC(F)(F)F)cc4)ccc32)c1-c1ccc(F)cc1. The van der Waals surface area contributed by atoms with Crippen molar-refractivity contribution in [3.63, 3.8) is 0 Å². The van der Waals surface area contributed by atoms with Gasteiger partial charge < -0.3 is 4.74 Å². The molecule has 33 heavy (non-hydrogen) atoms. The van der Waals surface area contributed by atoms with Gasteiger partial charge in [0.25, 0.3) is 5.56 Å². The predicted octanol–water partition coefficient (Wildman–Crippen LogP) is 4.44. The fourth-order valence-electron chi connectivity index (χ4n) is 3.62. The van der Waals surface area contributed by atoms with Gasteiger partial charge in [-0.2, -0.15) is 5.10 Å². The molecule has 3 heterocycles. The molecule has 5 aromatic rings. The zero-order chi connectivity index (χ0) is 23.3. The number of aromatic nitrogens is 5. The lowest BCUT2D eigenvalue weighted by molar-refractivity contribution is -0.274. The van der Waals surface area contributed by atoms with Crippen LogP contribution in [0.5, 0.6) is 5.75 Å². The number of benzene rings is 2. The third kappa shape index (κ3) is 3.67. The third-order valence-corrected chi connectivity index (χ3v) is 5.04. The Kier molecular flexibility index (Phi) is 4.62. The Balaban J connectivity index is 1.61. The van der Waals surface area contributed by atoms with Crippen LogP contribution in [0.1, 0.15) is 5.69 Å². The van der Waals surface area contributed by atoms with Crippen LogP contribution < -0.4 is 10.3 Å². The van der Waals surface area contributed by atoms with Crippen LogP contribution >= 0.6 is 0 Å². The van der Waals surface area contributed by atoms with Crippen molar-refractivity contribution < 1.29 is 22.3 Å². The molecule has 0 saturated carbocycles. The quantitative estimate of drug-likeness (QED) is 0.376. The molecule has 2 aromatic carbocycles. The molecule has 0 bridgehead atoms. The van der Waals surface area contributed by atoms with E-state index in [2.05, 4.69) is 20.0 Å². The molecule has 0 aliphatic carbocycles. The second kappa shape index (κ2) is 7.40. The van der Waals surface area contributed by atoms with Crippen molar-refractivity contribution in [2.75, 3.05) is 0 Å². The second-order valence-corrected chi connectivity index (χ2v) is 7.17. The summed E-state index contributed by atoms with van der Waals surface area (Å²) in [4.78, 5) is 13.1. The highest BCUT2D eigenvalue weighted by Gasteiger charge is 2.31. The molecule has 0 N–H and O–H groups in total. The van der Waals surface area contributed by atoms with Gasteiger partial charge in [-0.1, -0.05) is 12.1 Å². The van der Waals surface area contributed by atoms with Crippen molar-refractivity contribution in [1.29, 1.82) is 0 Å². The lowest BCUT2D eigenvalue weighted by atomic mass is 10.1. The second-order valence-electron chi connectivity index (χ2n) is 7.17. The number of alkyl halides is 3. The zero-order valence-electron chi connectivity index (χ0n) is 16.8. The first-order valence-electron chi connectivity index (χ1n) is 9.61. The molecule has 3 aromatic heterocycles. The summed E-state index contributed by atoms with van der Waals surface area (Å²) in [5.41, 5.74) is 2.60. The monoisotopic (exact) mass is 455 g/mol. The number of hydrogen-bond donors (Lipinski definition) is 0. The third-order valence-electron chi connectivity index (χ3n) is 5.04. The van der Waals surface area contributed by atoms with Gasteiger partial charge in [-0.05, 0) is 55.0 Å². The number of rotatable bonds is 3. The van der Waals surface area contributed by atoms with Crippen molar-refractivity contribution in [2.45, 2.75) is 13.3 Å². The molecule has 0 spiro atoms. The first kappa shape index (κ1) is 20.6. The average Bonchev–Trinajstić information content (AvgIpc) is 3.10. The zero-order valence-corrected chi connectivity index (χ0v) is 16.8. The lowest BCUT2D eigenvalue weighted by Gasteiger charge is -2.10. The molecule has 166 valence electrons. The molecule has 7 nitrogen and oxygen atoms in total. The highest BCUT2D eigenvalue weighted by atomic mass is 19.4. The fraction of sp³-hybridized carbons (Fsp3) is 0.0909. The van der Waals surface area contributed by atoms with E-state index in [1.807, 2.05) is 0 Å². The van der Waals surface area contributed by atoms with Crippen LogP contribution in [0.3, 0.4) is 0 Å². The van der Waals surface area contributed by atoms with Crippen molar-refractivity contribution in [2.24, 2.45) is 0 Å². The Bertz CT molecular complexity index is 1560. The van der Waals surface area contributed by atoms with Gasteiger partial charge in [0.2, 0.25) is 0 Å². The first-order valence-corrected chi connectivity index (χ1v) is 9.61. The Hall–Kier alpha value is -4.28. The van der Waals surface area contributed by atoms with Crippen LogP contribution in [0.2, 0.25) is 0 Å². The van der Waals surface area contributed by atoms with Crippen LogP contribution in [-0.4, -0.2) is 30.7 Å². The van der Waals surface area contributed by atoms with E-state index >= 15 is 0 Å². The number of aryl methyl sites for hydroxylation is 1. The Morgan fingerprint density at radius 2 is 1.64 bits per heavy atom. The molecule has 0 atom stereocenters. The maximum atomic E-state index is 13.3. The number of halogens is 4. The largest absolute Gasteiger partial charge is 0.573 e. The number of ether oxygens (including phenoxy) is 1. The lowest BCUT2D eigenvalue weighted by Crippen LogP contribution is -2.20. The van der Waals surface area contributed by atoms with Crippen molar-refractivity contribution in [1.82, 2.24) is 24.4 Å². The molecular formula is C22H13F4N5O2. The van der Waals surface area contributed by atoms with Crippen molar-refractivity contribution >= 4 is 16.7 Å². The molecule has 0 fully saturated rings. The topological polar surface area (TPSA) is 74.3 Å². The average molecular weight is 455 g/mol. The fourth-order valence-corrected chi connectivity index (χ4v) is 3.62. The van der Waals surface area contributed by atoms with Crippen LogP contribution in [-0.2, 0) is 0 Å². The van der Waals surface area contributed by atoms with E-state index in [0.717, 1.165) is 12.1 Å². The van der Waals surface area contributed by atoms with E-state index in [-0.39, 0.29) is 11.3 Å². The smallest absolute Gasteiger partial charge is 0.406 e. The summed E-state index contributed by atoms with van der Waals surface area (Å²) >= 11 is 0. The van der Waals surface area contributed by atoms with Crippen molar-refractivity contribution in [3.8, 4) is 22.6 Å². The van der Waals surface area contributed by atoms with Crippen LogP contribution in [0.15, 0.2) is 65.6 Å². The highest BCUT2D eigenvalue weighted by Crippen LogP contribution is 2.28. The normalized spacial score (nSPS) is 11.9. The number of pyridine rings is 1. The molecule has 5 rings (SSSR count). The summed E-state index contributed by atoms with van der Waals surface area (Å²) in [5.74, 6) is -0.773. The van der Waals surface area contributed by atoms with E-state index in [4.69, 9.17) is 0 Å².